The van der Waals surface area contributed by atoms with Crippen LogP contribution in [0, 0.1) is 0 Å². The van der Waals surface area contributed by atoms with Crippen LogP contribution < -0.4 is 20.1 Å². The molecule has 37 heavy (non-hydrogen) atoms. The molecule has 1 atom stereocenters. The van der Waals surface area contributed by atoms with Crippen molar-refractivity contribution in [1.29, 1.82) is 0 Å². The Labute approximate surface area is 214 Å². The van der Waals surface area contributed by atoms with E-state index >= 15 is 0 Å². The molecule has 196 valence electrons. The minimum absolute atomic E-state index is 0.0387. The molecule has 2 amide bonds. The Morgan fingerprint density at radius 1 is 1.27 bits per heavy atom. The molecule has 0 bridgehead atoms. The van der Waals surface area contributed by atoms with E-state index in [-0.39, 0.29) is 41.4 Å². The number of hydrogen-bond donors (Lipinski definition) is 2. The lowest BCUT2D eigenvalue weighted by molar-refractivity contribution is -0.153. The highest BCUT2D eigenvalue weighted by atomic mass is 32.2. The molecular formula is C23H23F3N6O4S. The molecule has 4 rings (SSSR count). The number of carbonyl (C=O) groups is 2. The summed E-state index contributed by atoms with van der Waals surface area (Å²) in [6, 6.07) is 7.21. The number of halogens is 3. The van der Waals surface area contributed by atoms with E-state index in [9.17, 15) is 22.8 Å². The molecule has 1 aromatic carbocycles. The standard InChI is InChI=1S/C23H23F3N6O4S/c1-37-11-19(33)30-21-20-17(31-32(21)18-5-7-27-13-28-18)9-14(29-22(20)34)6-8-35-15-3-2-4-16(10-15)36-12-23(24,25)26/h2-5,7,10,13-14H,6,8-9,11-12H2,1H3,(H,29,34)(H,30,33). The van der Waals surface area contributed by atoms with Crippen LogP contribution in [0.2, 0.25) is 0 Å². The Kier molecular flexibility index (Phi) is 8.16. The largest absolute Gasteiger partial charge is 0.493 e. The fourth-order valence-electron chi connectivity index (χ4n) is 3.69. The van der Waals surface area contributed by atoms with Crippen LogP contribution in [0.15, 0.2) is 42.9 Å². The van der Waals surface area contributed by atoms with E-state index in [4.69, 9.17) is 9.47 Å². The summed E-state index contributed by atoms with van der Waals surface area (Å²) in [5.41, 5.74) is 0.758. The van der Waals surface area contributed by atoms with E-state index in [0.717, 1.165) is 0 Å². The molecule has 0 saturated heterocycles. The van der Waals surface area contributed by atoms with Gasteiger partial charge in [0.25, 0.3) is 5.91 Å². The van der Waals surface area contributed by atoms with E-state index in [2.05, 4.69) is 25.7 Å². The molecule has 14 heteroatoms. The molecule has 0 saturated carbocycles. The first-order chi connectivity index (χ1) is 17.7. The first-order valence-electron chi connectivity index (χ1n) is 11.1. The van der Waals surface area contributed by atoms with E-state index in [1.807, 2.05) is 0 Å². The zero-order valence-corrected chi connectivity index (χ0v) is 20.4. The summed E-state index contributed by atoms with van der Waals surface area (Å²) >= 11 is 1.34. The normalized spacial score (nSPS) is 15.0. The third kappa shape index (κ3) is 6.90. The monoisotopic (exact) mass is 536 g/mol. The van der Waals surface area contributed by atoms with Crippen molar-refractivity contribution < 1.29 is 32.2 Å². The molecule has 1 unspecified atom stereocenters. The second-order valence-corrected chi connectivity index (χ2v) is 8.89. The SMILES string of the molecule is CSCC(=O)Nc1c2c(nn1-c1ccncn1)CC(CCOc1cccc(OCC(F)(F)F)c1)NC2=O. The average Bonchev–Trinajstić information content (AvgIpc) is 3.22. The number of amides is 2. The van der Waals surface area contributed by atoms with E-state index in [0.29, 0.717) is 30.1 Å². The van der Waals surface area contributed by atoms with Gasteiger partial charge in [-0.15, -0.1) is 0 Å². The van der Waals surface area contributed by atoms with Gasteiger partial charge in [-0.25, -0.2) is 9.97 Å². The fraction of sp³-hybridized carbons (Fsp3) is 0.348. The highest BCUT2D eigenvalue weighted by Gasteiger charge is 2.33. The summed E-state index contributed by atoms with van der Waals surface area (Å²) in [6.07, 6.45) is 1.01. The second kappa shape index (κ2) is 11.5. The van der Waals surface area contributed by atoms with E-state index in [1.165, 1.54) is 47.2 Å². The predicted molar refractivity (Wildman–Crippen MR) is 129 cm³/mol. The van der Waals surface area contributed by atoms with Crippen molar-refractivity contribution in [2.24, 2.45) is 0 Å². The number of aromatic nitrogens is 4. The number of thioether (sulfide) groups is 1. The van der Waals surface area contributed by atoms with Gasteiger partial charge in [0.1, 0.15) is 23.4 Å². The van der Waals surface area contributed by atoms with Gasteiger partial charge < -0.3 is 20.1 Å². The minimum Gasteiger partial charge on any atom is -0.493 e. The van der Waals surface area contributed by atoms with Crippen molar-refractivity contribution in [3.63, 3.8) is 0 Å². The van der Waals surface area contributed by atoms with Crippen LogP contribution in [0.25, 0.3) is 5.82 Å². The van der Waals surface area contributed by atoms with Crippen LogP contribution >= 0.6 is 11.8 Å². The Balaban J connectivity index is 1.44. The number of alkyl halides is 3. The Morgan fingerprint density at radius 2 is 2.05 bits per heavy atom. The number of hydrogen-bond acceptors (Lipinski definition) is 8. The molecule has 1 aliphatic rings. The summed E-state index contributed by atoms with van der Waals surface area (Å²) in [7, 11) is 0. The molecule has 2 aromatic heterocycles. The highest BCUT2D eigenvalue weighted by Crippen LogP contribution is 2.28. The molecule has 0 aliphatic carbocycles. The average molecular weight is 537 g/mol. The lowest BCUT2D eigenvalue weighted by atomic mass is 9.99. The molecule has 0 spiro atoms. The van der Waals surface area contributed by atoms with Gasteiger partial charge in [-0.1, -0.05) is 6.07 Å². The lowest BCUT2D eigenvalue weighted by Gasteiger charge is -2.23. The summed E-state index contributed by atoms with van der Waals surface area (Å²) < 4.78 is 49.0. The maximum Gasteiger partial charge on any atom is 0.422 e. The Hall–Kier alpha value is -3.81. The molecule has 1 aliphatic heterocycles. The summed E-state index contributed by atoms with van der Waals surface area (Å²) in [4.78, 5) is 33.4. The number of fused-ring (bicyclic) bond motifs is 1. The third-order valence-electron chi connectivity index (χ3n) is 5.22. The maximum atomic E-state index is 13.0. The number of rotatable bonds is 10. The first-order valence-corrected chi connectivity index (χ1v) is 12.5. The van der Waals surface area contributed by atoms with Crippen molar-refractivity contribution in [3.8, 4) is 17.3 Å². The van der Waals surface area contributed by atoms with Crippen LogP contribution in [-0.4, -0.2) is 69.0 Å². The van der Waals surface area contributed by atoms with Gasteiger partial charge in [-0.3, -0.25) is 9.59 Å². The van der Waals surface area contributed by atoms with Crippen LogP contribution in [0.5, 0.6) is 11.5 Å². The number of benzene rings is 1. The van der Waals surface area contributed by atoms with Gasteiger partial charge in [-0.05, 0) is 18.4 Å². The zero-order valence-electron chi connectivity index (χ0n) is 19.6. The highest BCUT2D eigenvalue weighted by molar-refractivity contribution is 7.99. The number of nitrogens with one attached hydrogen (secondary N) is 2. The predicted octanol–water partition coefficient (Wildman–Crippen LogP) is 3.03. The molecular weight excluding hydrogens is 513 g/mol. The summed E-state index contributed by atoms with van der Waals surface area (Å²) in [5.74, 6) is 0.531. The van der Waals surface area contributed by atoms with E-state index in [1.54, 1.807) is 18.4 Å². The molecule has 0 radical (unpaired) electrons. The van der Waals surface area contributed by atoms with Crippen molar-refractivity contribution in [3.05, 3.63) is 54.1 Å². The number of carbonyl (C=O) groups excluding carboxylic acids is 2. The van der Waals surface area contributed by atoms with Gasteiger partial charge in [0.15, 0.2) is 18.2 Å². The van der Waals surface area contributed by atoms with Crippen molar-refractivity contribution in [1.82, 2.24) is 25.1 Å². The van der Waals surface area contributed by atoms with Gasteiger partial charge in [0.05, 0.1) is 18.1 Å². The summed E-state index contributed by atoms with van der Waals surface area (Å²) in [5, 5.41) is 10.2. The van der Waals surface area contributed by atoms with Crippen LogP contribution in [0.1, 0.15) is 22.5 Å². The van der Waals surface area contributed by atoms with Gasteiger partial charge in [0, 0.05) is 37.2 Å². The van der Waals surface area contributed by atoms with E-state index < -0.39 is 18.7 Å². The van der Waals surface area contributed by atoms with Crippen molar-refractivity contribution in [2.75, 3.05) is 30.5 Å². The minimum atomic E-state index is -4.44. The number of nitrogens with zero attached hydrogens (tertiary/aromatic N) is 4. The number of ether oxygens (including phenoxy) is 2. The Morgan fingerprint density at radius 3 is 2.76 bits per heavy atom. The molecule has 10 nitrogen and oxygen atoms in total. The molecule has 3 heterocycles. The Bertz CT molecular complexity index is 1260. The zero-order chi connectivity index (χ0) is 26.4. The van der Waals surface area contributed by atoms with Gasteiger partial charge in [-0.2, -0.15) is 34.7 Å². The first kappa shape index (κ1) is 26.3. The second-order valence-electron chi connectivity index (χ2n) is 8.02. The molecule has 2 N–H and O–H groups in total. The topological polar surface area (TPSA) is 120 Å². The van der Waals surface area contributed by atoms with Gasteiger partial charge >= 0.3 is 6.18 Å². The molecule has 3 aromatic rings. The van der Waals surface area contributed by atoms with Crippen molar-refractivity contribution in [2.45, 2.75) is 25.1 Å². The van der Waals surface area contributed by atoms with Crippen LogP contribution in [0.3, 0.4) is 0 Å². The quantitative estimate of drug-likeness (QED) is 0.406. The van der Waals surface area contributed by atoms with Crippen LogP contribution in [0.4, 0.5) is 19.0 Å². The fourth-order valence-corrected chi connectivity index (χ4v) is 4.02. The maximum absolute atomic E-state index is 13.0. The van der Waals surface area contributed by atoms with Crippen molar-refractivity contribution >= 4 is 29.4 Å². The summed E-state index contributed by atoms with van der Waals surface area (Å²) in [6.45, 7) is -1.21. The number of anilines is 1. The van der Waals surface area contributed by atoms with Gasteiger partial charge in [0.2, 0.25) is 5.91 Å². The lowest BCUT2D eigenvalue weighted by Crippen LogP contribution is -2.42. The smallest absolute Gasteiger partial charge is 0.422 e. The molecule has 0 fully saturated rings. The third-order valence-corrected chi connectivity index (χ3v) is 5.77. The van der Waals surface area contributed by atoms with Crippen LogP contribution in [-0.2, 0) is 11.2 Å².